The van der Waals surface area contributed by atoms with E-state index >= 15 is 0 Å². The van der Waals surface area contributed by atoms with Crippen LogP contribution in [0, 0.1) is 0 Å². The molecule has 0 spiro atoms. The van der Waals surface area contributed by atoms with E-state index in [4.69, 9.17) is 11.6 Å². The Labute approximate surface area is 193 Å². The summed E-state index contributed by atoms with van der Waals surface area (Å²) in [6.07, 6.45) is 8.85. The van der Waals surface area contributed by atoms with E-state index in [-0.39, 0.29) is 5.91 Å². The van der Waals surface area contributed by atoms with Crippen LogP contribution in [0.4, 0.5) is 5.82 Å². The molecule has 7 heteroatoms. The average molecular weight is 450 g/mol. The van der Waals surface area contributed by atoms with Crippen molar-refractivity contribution in [2.45, 2.75) is 45.2 Å². The summed E-state index contributed by atoms with van der Waals surface area (Å²) in [7, 11) is 0. The molecule has 0 bridgehead atoms. The number of nitrogens with zero attached hydrogens (tertiary/aromatic N) is 5. The molecule has 2 aromatic heterocycles. The molecule has 3 aromatic rings. The summed E-state index contributed by atoms with van der Waals surface area (Å²) in [6, 6.07) is 12.3. The van der Waals surface area contributed by atoms with Gasteiger partial charge in [-0.15, -0.1) is 0 Å². The van der Waals surface area contributed by atoms with E-state index in [1.807, 2.05) is 17.3 Å². The van der Waals surface area contributed by atoms with E-state index < -0.39 is 0 Å². The smallest absolute Gasteiger partial charge is 0.255 e. The minimum absolute atomic E-state index is 0.0312. The van der Waals surface area contributed by atoms with Crippen molar-refractivity contribution in [1.82, 2.24) is 19.4 Å². The van der Waals surface area contributed by atoms with Crippen LogP contribution >= 0.6 is 11.6 Å². The number of carbonyl (C=O) groups is 1. The van der Waals surface area contributed by atoms with Crippen molar-refractivity contribution in [3.8, 4) is 0 Å². The second-order valence-corrected chi connectivity index (χ2v) is 9.03. The van der Waals surface area contributed by atoms with Gasteiger partial charge in [0.1, 0.15) is 5.82 Å². The minimum Gasteiger partial charge on any atom is -0.349 e. The number of amides is 1. The highest BCUT2D eigenvalue weighted by molar-refractivity contribution is 6.33. The highest BCUT2D eigenvalue weighted by Gasteiger charge is 2.25. The summed E-state index contributed by atoms with van der Waals surface area (Å²) in [5, 5.41) is 0.528. The third-order valence-electron chi connectivity index (χ3n) is 6.49. The third kappa shape index (κ3) is 4.37. The van der Waals surface area contributed by atoms with Gasteiger partial charge in [-0.3, -0.25) is 4.79 Å². The van der Waals surface area contributed by atoms with Crippen LogP contribution in [0.5, 0.6) is 0 Å². The first-order valence-electron chi connectivity index (χ1n) is 11.5. The summed E-state index contributed by atoms with van der Waals surface area (Å²) >= 11 is 6.60. The normalized spacial score (nSPS) is 16.2. The molecule has 1 amide bonds. The molecule has 4 heterocycles. The van der Waals surface area contributed by atoms with Crippen molar-refractivity contribution in [1.29, 1.82) is 0 Å². The van der Waals surface area contributed by atoms with E-state index in [9.17, 15) is 4.79 Å². The number of hydrogen-bond donors (Lipinski definition) is 0. The SMILES string of the molecule is O=C(c1cnc(N2CCc3c(ncn3CCc3ccccc3)C2)c(Cl)c1)N1CCCCC1. The van der Waals surface area contributed by atoms with Gasteiger partial charge in [0.05, 0.1) is 29.2 Å². The standard InChI is InChI=1S/C25H28ClN5O/c26-21-15-20(25(32)29-11-5-2-6-12-29)16-27-24(21)30-14-10-23-22(17-30)28-18-31(23)13-9-19-7-3-1-4-8-19/h1,3-4,7-8,15-16,18H,2,5-6,9-14,17H2. The minimum atomic E-state index is 0.0312. The monoisotopic (exact) mass is 449 g/mol. The lowest BCUT2D eigenvalue weighted by molar-refractivity contribution is 0.0724. The molecule has 0 unspecified atom stereocenters. The molecular weight excluding hydrogens is 422 g/mol. The van der Waals surface area contributed by atoms with Gasteiger partial charge in [-0.1, -0.05) is 41.9 Å². The topological polar surface area (TPSA) is 54.3 Å². The molecule has 0 aliphatic carbocycles. The van der Waals surface area contributed by atoms with Crippen molar-refractivity contribution >= 4 is 23.3 Å². The van der Waals surface area contributed by atoms with Gasteiger partial charge in [0.15, 0.2) is 0 Å². The van der Waals surface area contributed by atoms with E-state index in [0.717, 1.165) is 63.4 Å². The Bertz CT molecular complexity index is 1090. The number of halogens is 1. The lowest BCUT2D eigenvalue weighted by atomic mass is 10.1. The van der Waals surface area contributed by atoms with Gasteiger partial charge in [-0.05, 0) is 37.3 Å². The number of hydrogen-bond acceptors (Lipinski definition) is 4. The molecule has 1 saturated heterocycles. The number of anilines is 1. The molecule has 0 N–H and O–H groups in total. The maximum Gasteiger partial charge on any atom is 0.255 e. The molecular formula is C25H28ClN5O. The van der Waals surface area contributed by atoms with Gasteiger partial charge < -0.3 is 14.4 Å². The van der Waals surface area contributed by atoms with Crippen molar-refractivity contribution in [3.05, 3.63) is 76.5 Å². The van der Waals surface area contributed by atoms with Gasteiger partial charge in [0.2, 0.25) is 0 Å². The predicted octanol–water partition coefficient (Wildman–Crippen LogP) is 4.36. The fourth-order valence-corrected chi connectivity index (χ4v) is 4.98. The van der Waals surface area contributed by atoms with Crippen LogP contribution in [-0.2, 0) is 25.9 Å². The summed E-state index contributed by atoms with van der Waals surface area (Å²) in [4.78, 5) is 26.1. The van der Waals surface area contributed by atoms with Crippen molar-refractivity contribution in [2.75, 3.05) is 24.5 Å². The summed E-state index contributed by atoms with van der Waals surface area (Å²) in [6.45, 7) is 4.08. The molecule has 5 rings (SSSR count). The molecule has 166 valence electrons. The first-order chi connectivity index (χ1) is 15.7. The Morgan fingerprint density at radius 1 is 1.03 bits per heavy atom. The number of carbonyl (C=O) groups excluding carboxylic acids is 1. The number of rotatable bonds is 5. The van der Waals surface area contributed by atoms with Crippen LogP contribution in [-0.4, -0.2) is 45.0 Å². The van der Waals surface area contributed by atoms with Crippen LogP contribution in [0.15, 0.2) is 48.9 Å². The lowest BCUT2D eigenvalue weighted by Gasteiger charge is -2.29. The van der Waals surface area contributed by atoms with Gasteiger partial charge >= 0.3 is 0 Å². The molecule has 2 aliphatic heterocycles. The van der Waals surface area contributed by atoms with Crippen molar-refractivity contribution in [3.63, 3.8) is 0 Å². The number of aryl methyl sites for hydroxylation is 2. The molecule has 32 heavy (non-hydrogen) atoms. The Hall–Kier alpha value is -2.86. The second-order valence-electron chi connectivity index (χ2n) is 8.62. The maximum absolute atomic E-state index is 12.8. The fraction of sp³-hybridized carbons (Fsp3) is 0.400. The molecule has 0 radical (unpaired) electrons. The quantitative estimate of drug-likeness (QED) is 0.580. The number of fused-ring (bicyclic) bond motifs is 1. The van der Waals surface area contributed by atoms with E-state index in [1.54, 1.807) is 12.3 Å². The summed E-state index contributed by atoms with van der Waals surface area (Å²) < 4.78 is 2.27. The van der Waals surface area contributed by atoms with E-state index in [0.29, 0.717) is 17.1 Å². The zero-order valence-corrected chi connectivity index (χ0v) is 19.0. The zero-order chi connectivity index (χ0) is 21.9. The number of imidazole rings is 1. The maximum atomic E-state index is 12.8. The Morgan fingerprint density at radius 2 is 1.84 bits per heavy atom. The van der Waals surface area contributed by atoms with Gasteiger partial charge in [0, 0.05) is 44.5 Å². The van der Waals surface area contributed by atoms with Crippen LogP contribution < -0.4 is 4.90 Å². The molecule has 1 fully saturated rings. The Balaban J connectivity index is 1.26. The fourth-order valence-electron chi connectivity index (χ4n) is 4.70. The van der Waals surface area contributed by atoms with E-state index in [1.165, 1.54) is 17.7 Å². The van der Waals surface area contributed by atoms with Crippen LogP contribution in [0.3, 0.4) is 0 Å². The third-order valence-corrected chi connectivity index (χ3v) is 6.77. The van der Waals surface area contributed by atoms with Crippen LogP contribution in [0.1, 0.15) is 46.6 Å². The molecule has 2 aliphatic rings. The van der Waals surface area contributed by atoms with Crippen molar-refractivity contribution in [2.24, 2.45) is 0 Å². The average Bonchev–Trinajstić information content (AvgIpc) is 3.25. The van der Waals surface area contributed by atoms with Gasteiger partial charge in [-0.2, -0.15) is 0 Å². The Morgan fingerprint density at radius 3 is 2.62 bits per heavy atom. The van der Waals surface area contributed by atoms with Crippen LogP contribution in [0.2, 0.25) is 5.02 Å². The molecule has 6 nitrogen and oxygen atoms in total. The summed E-state index contributed by atoms with van der Waals surface area (Å²) in [5.74, 6) is 0.759. The molecule has 1 aromatic carbocycles. The number of benzene rings is 1. The molecule has 0 atom stereocenters. The van der Waals surface area contributed by atoms with E-state index in [2.05, 4.69) is 43.7 Å². The van der Waals surface area contributed by atoms with Gasteiger partial charge in [-0.25, -0.2) is 9.97 Å². The summed E-state index contributed by atoms with van der Waals surface area (Å²) in [5.41, 5.74) is 4.28. The number of aromatic nitrogens is 3. The number of likely N-dealkylation sites (tertiary alicyclic amines) is 1. The zero-order valence-electron chi connectivity index (χ0n) is 18.2. The largest absolute Gasteiger partial charge is 0.349 e. The Kier molecular flexibility index (Phi) is 6.12. The lowest BCUT2D eigenvalue weighted by Crippen LogP contribution is -2.36. The highest BCUT2D eigenvalue weighted by atomic mass is 35.5. The first kappa shape index (κ1) is 21.0. The first-order valence-corrected chi connectivity index (χ1v) is 11.8. The van der Waals surface area contributed by atoms with Crippen LogP contribution in [0.25, 0.3) is 0 Å². The number of piperidine rings is 1. The van der Waals surface area contributed by atoms with Gasteiger partial charge in [0.25, 0.3) is 5.91 Å². The number of pyridine rings is 1. The highest BCUT2D eigenvalue weighted by Crippen LogP contribution is 2.29. The molecule has 0 saturated carbocycles. The predicted molar refractivity (Wildman–Crippen MR) is 126 cm³/mol. The van der Waals surface area contributed by atoms with Crippen molar-refractivity contribution < 1.29 is 4.79 Å². The second kappa shape index (κ2) is 9.33.